The van der Waals surface area contributed by atoms with Crippen molar-refractivity contribution < 1.29 is 9.53 Å². The average Bonchev–Trinajstić information content (AvgIpc) is 2.73. The Morgan fingerprint density at radius 3 is 3.00 bits per heavy atom. The van der Waals surface area contributed by atoms with Crippen LogP contribution < -0.4 is 4.87 Å². The molecule has 2 aromatic rings. The molecule has 0 aliphatic carbocycles. The van der Waals surface area contributed by atoms with Crippen molar-refractivity contribution in [2.45, 2.75) is 13.5 Å². The summed E-state index contributed by atoms with van der Waals surface area (Å²) in [6.45, 7) is 2.29. The fourth-order valence-electron chi connectivity index (χ4n) is 1.50. The molecule has 2 heterocycles. The molecule has 0 aliphatic heterocycles. The van der Waals surface area contributed by atoms with E-state index >= 15 is 0 Å². The number of ether oxygens (including phenoxy) is 1. The van der Waals surface area contributed by atoms with E-state index in [-0.39, 0.29) is 23.7 Å². The third-order valence-corrected chi connectivity index (χ3v) is 3.08. The third-order valence-electron chi connectivity index (χ3n) is 2.31. The minimum Gasteiger partial charge on any atom is -0.461 e. The average molecular weight is 264 g/mol. The topological polar surface area (TPSA) is 61.2 Å². The maximum absolute atomic E-state index is 11.7. The van der Waals surface area contributed by atoms with Crippen LogP contribution in [0.5, 0.6) is 0 Å². The van der Waals surface area contributed by atoms with Gasteiger partial charge in [-0.3, -0.25) is 14.3 Å². The maximum atomic E-state index is 11.7. The van der Waals surface area contributed by atoms with Gasteiger partial charge in [-0.15, -0.1) is 0 Å². The third kappa shape index (κ3) is 2.65. The highest BCUT2D eigenvalue weighted by Gasteiger charge is 2.15. The molecule has 18 heavy (non-hydrogen) atoms. The van der Waals surface area contributed by atoms with E-state index in [1.54, 1.807) is 25.3 Å². The summed E-state index contributed by atoms with van der Waals surface area (Å²) in [5.41, 5.74) is 1.00. The van der Waals surface area contributed by atoms with Crippen LogP contribution in [0.25, 0.3) is 0 Å². The predicted octanol–water partition coefficient (Wildman–Crippen LogP) is 1.53. The van der Waals surface area contributed by atoms with Crippen LogP contribution in [-0.2, 0) is 11.3 Å². The van der Waals surface area contributed by atoms with Gasteiger partial charge in [0.15, 0.2) is 0 Å². The monoisotopic (exact) mass is 264 g/mol. The number of nitrogens with zero attached hydrogens (tertiary/aromatic N) is 2. The van der Waals surface area contributed by atoms with Crippen molar-refractivity contribution in [2.24, 2.45) is 0 Å². The first-order chi connectivity index (χ1) is 8.72. The van der Waals surface area contributed by atoms with Crippen LogP contribution in [0.3, 0.4) is 0 Å². The van der Waals surface area contributed by atoms with Crippen molar-refractivity contribution in [1.29, 1.82) is 0 Å². The van der Waals surface area contributed by atoms with Gasteiger partial charge in [-0.25, -0.2) is 4.79 Å². The lowest BCUT2D eigenvalue weighted by molar-refractivity contribution is 0.0514. The summed E-state index contributed by atoms with van der Waals surface area (Å²) in [5, 5.41) is 1.52. The number of aromatic nitrogens is 2. The summed E-state index contributed by atoms with van der Waals surface area (Å²) >= 11 is 0.983. The first-order valence-electron chi connectivity index (χ1n) is 5.47. The van der Waals surface area contributed by atoms with Crippen molar-refractivity contribution >= 4 is 17.3 Å². The van der Waals surface area contributed by atoms with E-state index in [9.17, 15) is 9.59 Å². The summed E-state index contributed by atoms with van der Waals surface area (Å²) in [5.74, 6) is -0.480. The van der Waals surface area contributed by atoms with Gasteiger partial charge in [0.05, 0.1) is 18.8 Å². The molecule has 0 aliphatic rings. The molecule has 0 fully saturated rings. The van der Waals surface area contributed by atoms with Crippen molar-refractivity contribution in [2.75, 3.05) is 6.61 Å². The van der Waals surface area contributed by atoms with E-state index in [1.807, 2.05) is 6.07 Å². The zero-order chi connectivity index (χ0) is 13.0. The number of thiazole rings is 1. The molecule has 0 saturated heterocycles. The summed E-state index contributed by atoms with van der Waals surface area (Å²) in [6, 6.07) is 5.44. The van der Waals surface area contributed by atoms with Gasteiger partial charge in [0, 0.05) is 11.6 Å². The molecule has 2 rings (SSSR count). The largest absolute Gasteiger partial charge is 0.461 e. The fourth-order valence-corrected chi connectivity index (χ4v) is 2.22. The molecule has 6 heteroatoms. The Labute approximate surface area is 108 Å². The van der Waals surface area contributed by atoms with Gasteiger partial charge < -0.3 is 4.74 Å². The van der Waals surface area contributed by atoms with Crippen molar-refractivity contribution in [3.63, 3.8) is 0 Å². The number of hydrogen-bond acceptors (Lipinski definition) is 5. The van der Waals surface area contributed by atoms with Crippen molar-refractivity contribution in [1.82, 2.24) is 9.55 Å². The van der Waals surface area contributed by atoms with E-state index in [2.05, 4.69) is 4.98 Å². The Kier molecular flexibility index (Phi) is 3.88. The minimum atomic E-state index is -0.480. The molecule has 0 aromatic carbocycles. The van der Waals surface area contributed by atoms with Crippen LogP contribution in [0.1, 0.15) is 23.1 Å². The summed E-state index contributed by atoms with van der Waals surface area (Å²) in [4.78, 5) is 27.3. The summed E-state index contributed by atoms with van der Waals surface area (Å²) in [6.07, 6.45) is 1.65. The van der Waals surface area contributed by atoms with Crippen LogP contribution >= 0.6 is 11.3 Å². The minimum absolute atomic E-state index is 0.191. The van der Waals surface area contributed by atoms with E-state index in [0.717, 1.165) is 17.0 Å². The normalized spacial score (nSPS) is 10.3. The Balaban J connectivity index is 2.30. The Morgan fingerprint density at radius 1 is 1.50 bits per heavy atom. The Hall–Kier alpha value is -1.95. The van der Waals surface area contributed by atoms with Crippen LogP contribution in [0.4, 0.5) is 0 Å². The van der Waals surface area contributed by atoms with Gasteiger partial charge in [0.2, 0.25) is 0 Å². The van der Waals surface area contributed by atoms with Crippen molar-refractivity contribution in [3.8, 4) is 0 Å². The zero-order valence-electron chi connectivity index (χ0n) is 9.83. The lowest BCUT2D eigenvalue weighted by atomic mass is 10.3. The number of rotatable bonds is 4. The van der Waals surface area contributed by atoms with E-state index in [4.69, 9.17) is 4.74 Å². The second kappa shape index (κ2) is 5.59. The molecule has 0 spiro atoms. The molecule has 5 nitrogen and oxygen atoms in total. The first-order valence-corrected chi connectivity index (χ1v) is 6.35. The highest BCUT2D eigenvalue weighted by molar-refractivity contribution is 7.07. The van der Waals surface area contributed by atoms with Gasteiger partial charge in [0.1, 0.15) is 5.69 Å². The quantitative estimate of drug-likeness (QED) is 0.786. The molecule has 0 saturated carbocycles. The summed E-state index contributed by atoms with van der Waals surface area (Å²) in [7, 11) is 0. The predicted molar refractivity (Wildman–Crippen MR) is 67.9 cm³/mol. The van der Waals surface area contributed by atoms with Crippen LogP contribution in [0.2, 0.25) is 0 Å². The standard InChI is InChI=1S/C12H12N2O3S/c1-2-17-11(15)10-8-18-12(16)14(10)7-9-5-3-4-6-13-9/h3-6,8H,2,7H2,1H3. The van der Waals surface area contributed by atoms with Crippen LogP contribution in [0, 0.1) is 0 Å². The molecule has 0 amide bonds. The fraction of sp³-hybridized carbons (Fsp3) is 0.250. The zero-order valence-corrected chi connectivity index (χ0v) is 10.6. The molecule has 0 radical (unpaired) electrons. The van der Waals surface area contributed by atoms with Crippen LogP contribution in [-0.4, -0.2) is 22.1 Å². The maximum Gasteiger partial charge on any atom is 0.355 e. The number of pyridine rings is 1. The molecule has 2 aromatic heterocycles. The highest BCUT2D eigenvalue weighted by atomic mass is 32.1. The van der Waals surface area contributed by atoms with Gasteiger partial charge in [0.25, 0.3) is 0 Å². The Morgan fingerprint density at radius 2 is 2.33 bits per heavy atom. The van der Waals surface area contributed by atoms with Gasteiger partial charge >= 0.3 is 10.8 Å². The molecular weight excluding hydrogens is 252 g/mol. The van der Waals surface area contributed by atoms with E-state index in [0.29, 0.717) is 0 Å². The van der Waals surface area contributed by atoms with Gasteiger partial charge in [-0.2, -0.15) is 0 Å². The second-order valence-electron chi connectivity index (χ2n) is 3.51. The number of carbonyl (C=O) groups is 1. The molecule has 0 bridgehead atoms. The molecule has 0 N–H and O–H groups in total. The van der Waals surface area contributed by atoms with Crippen LogP contribution in [0.15, 0.2) is 34.6 Å². The number of esters is 1. The highest BCUT2D eigenvalue weighted by Crippen LogP contribution is 2.07. The SMILES string of the molecule is CCOC(=O)c1csc(=O)n1Cc1ccccn1. The van der Waals surface area contributed by atoms with E-state index < -0.39 is 5.97 Å². The smallest absolute Gasteiger partial charge is 0.355 e. The number of hydrogen-bond donors (Lipinski definition) is 0. The van der Waals surface area contributed by atoms with E-state index in [1.165, 1.54) is 9.95 Å². The van der Waals surface area contributed by atoms with Crippen molar-refractivity contribution in [3.05, 3.63) is 50.8 Å². The molecule has 0 atom stereocenters. The molecular formula is C12H12N2O3S. The van der Waals surface area contributed by atoms with Gasteiger partial charge in [-0.1, -0.05) is 17.4 Å². The summed E-state index contributed by atoms with van der Waals surface area (Å²) < 4.78 is 6.29. The van der Waals surface area contributed by atoms with Gasteiger partial charge in [-0.05, 0) is 19.1 Å². The molecule has 94 valence electrons. The Bertz CT molecular complexity index is 589. The number of carbonyl (C=O) groups excluding carboxylic acids is 1. The lowest BCUT2D eigenvalue weighted by Gasteiger charge is -2.06. The lowest BCUT2D eigenvalue weighted by Crippen LogP contribution is -2.21. The second-order valence-corrected chi connectivity index (χ2v) is 4.34. The first kappa shape index (κ1) is 12.5. The molecule has 0 unspecified atom stereocenters.